The van der Waals surface area contributed by atoms with Crippen LogP contribution in [0.2, 0.25) is 0 Å². The number of hydrogen-bond donors (Lipinski definition) is 1. The zero-order valence-corrected chi connectivity index (χ0v) is 18.6. The van der Waals surface area contributed by atoms with E-state index in [-0.39, 0.29) is 0 Å². The Morgan fingerprint density at radius 1 is 1.14 bits per heavy atom. The highest BCUT2D eigenvalue weighted by atomic mass is 16.5. The molecule has 3 rings (SSSR count). The molecule has 2 fully saturated rings. The summed E-state index contributed by atoms with van der Waals surface area (Å²) in [5.74, 6) is 1.05. The van der Waals surface area contributed by atoms with Gasteiger partial charge < -0.3 is 15.0 Å². The van der Waals surface area contributed by atoms with Gasteiger partial charge in [-0.1, -0.05) is 38.1 Å². The third-order valence-electron chi connectivity index (χ3n) is 6.06. The van der Waals surface area contributed by atoms with Gasteiger partial charge in [-0.25, -0.2) is 4.99 Å². The summed E-state index contributed by atoms with van der Waals surface area (Å²) >= 11 is 0. The fraction of sp³-hybridized carbons (Fsp3) is 0.696. The lowest BCUT2D eigenvalue weighted by molar-refractivity contribution is 0.0195. The van der Waals surface area contributed by atoms with Gasteiger partial charge in [-0.2, -0.15) is 0 Å². The molecule has 0 bridgehead atoms. The summed E-state index contributed by atoms with van der Waals surface area (Å²) in [4.78, 5) is 12.4. The van der Waals surface area contributed by atoms with E-state index < -0.39 is 0 Å². The molecule has 1 aromatic carbocycles. The molecule has 0 aromatic heterocycles. The van der Waals surface area contributed by atoms with Crippen molar-refractivity contribution in [2.45, 2.75) is 46.3 Å². The second-order valence-corrected chi connectivity index (χ2v) is 7.99. The second-order valence-electron chi connectivity index (χ2n) is 7.99. The Labute approximate surface area is 176 Å². The fourth-order valence-corrected chi connectivity index (χ4v) is 4.30. The van der Waals surface area contributed by atoms with Crippen molar-refractivity contribution in [3.63, 3.8) is 0 Å². The summed E-state index contributed by atoms with van der Waals surface area (Å²) in [7, 11) is 0. The molecule has 0 aliphatic carbocycles. The molecule has 0 spiro atoms. The Hall–Kier alpha value is -1.63. The lowest BCUT2D eigenvalue weighted by Crippen LogP contribution is -2.46. The Bertz CT molecular complexity index is 640. The van der Waals surface area contributed by atoms with Gasteiger partial charge in [-0.3, -0.25) is 9.80 Å². The smallest absolute Gasteiger partial charge is 0.194 e. The van der Waals surface area contributed by atoms with Crippen LogP contribution in [0.1, 0.15) is 38.3 Å². The number of nitrogens with one attached hydrogen (secondary N) is 1. The normalized spacial score (nSPS) is 21.2. The van der Waals surface area contributed by atoms with Gasteiger partial charge in [-0.15, -0.1) is 0 Å². The predicted octanol–water partition coefficient (Wildman–Crippen LogP) is 2.40. The highest BCUT2D eigenvalue weighted by Crippen LogP contribution is 2.17. The monoisotopic (exact) mass is 401 g/mol. The predicted molar refractivity (Wildman–Crippen MR) is 120 cm³/mol. The van der Waals surface area contributed by atoms with Gasteiger partial charge in [0.1, 0.15) is 0 Å². The summed E-state index contributed by atoms with van der Waals surface area (Å²) < 4.78 is 5.51. The standard InChI is InChI=1S/C23H39N5O/c1-4-24-23(28-11-10-22(19-28)27-12-14-29-15-13-27)25-17-20-8-7-9-21(16-20)18-26(5-2)6-3/h7-9,16,22H,4-6,10-15,17-19H2,1-3H3,(H,24,25). The van der Waals surface area contributed by atoms with Crippen molar-refractivity contribution in [3.8, 4) is 0 Å². The van der Waals surface area contributed by atoms with E-state index in [2.05, 4.69) is 65.1 Å². The van der Waals surface area contributed by atoms with Crippen molar-refractivity contribution in [3.05, 3.63) is 35.4 Å². The van der Waals surface area contributed by atoms with E-state index in [0.29, 0.717) is 6.04 Å². The number of morpholine rings is 1. The van der Waals surface area contributed by atoms with Gasteiger partial charge in [-0.05, 0) is 37.6 Å². The van der Waals surface area contributed by atoms with Crippen molar-refractivity contribution < 1.29 is 4.74 Å². The van der Waals surface area contributed by atoms with Crippen LogP contribution in [0, 0.1) is 0 Å². The first kappa shape index (κ1) is 22.1. The first-order chi connectivity index (χ1) is 14.2. The Balaban J connectivity index is 1.60. The summed E-state index contributed by atoms with van der Waals surface area (Å²) in [6.07, 6.45) is 1.21. The molecular formula is C23H39N5O. The van der Waals surface area contributed by atoms with Crippen LogP contribution < -0.4 is 5.32 Å². The maximum absolute atomic E-state index is 5.51. The SMILES string of the molecule is CCNC(=NCc1cccc(CN(CC)CC)c1)N1CCC(N2CCOCC2)C1. The van der Waals surface area contributed by atoms with Crippen LogP contribution in [-0.2, 0) is 17.8 Å². The fourth-order valence-electron chi connectivity index (χ4n) is 4.30. The molecule has 2 aliphatic heterocycles. The number of aliphatic imine (C=N–C) groups is 1. The van der Waals surface area contributed by atoms with E-state index in [4.69, 9.17) is 9.73 Å². The van der Waals surface area contributed by atoms with Crippen LogP contribution in [0.5, 0.6) is 0 Å². The molecule has 2 aliphatic rings. The molecule has 6 nitrogen and oxygen atoms in total. The first-order valence-electron chi connectivity index (χ1n) is 11.4. The highest BCUT2D eigenvalue weighted by molar-refractivity contribution is 5.80. The zero-order chi connectivity index (χ0) is 20.5. The Morgan fingerprint density at radius 2 is 1.90 bits per heavy atom. The number of ether oxygens (including phenoxy) is 1. The maximum atomic E-state index is 5.51. The van der Waals surface area contributed by atoms with Crippen LogP contribution in [0.15, 0.2) is 29.3 Å². The Morgan fingerprint density at radius 3 is 2.62 bits per heavy atom. The number of rotatable bonds is 8. The minimum Gasteiger partial charge on any atom is -0.379 e. The van der Waals surface area contributed by atoms with E-state index >= 15 is 0 Å². The largest absolute Gasteiger partial charge is 0.379 e. The summed E-state index contributed by atoms with van der Waals surface area (Å²) in [5.41, 5.74) is 2.66. The van der Waals surface area contributed by atoms with Gasteiger partial charge in [0.25, 0.3) is 0 Å². The highest BCUT2D eigenvalue weighted by Gasteiger charge is 2.30. The van der Waals surface area contributed by atoms with Crippen molar-refractivity contribution in [1.29, 1.82) is 0 Å². The number of hydrogen-bond acceptors (Lipinski definition) is 4. The van der Waals surface area contributed by atoms with Crippen LogP contribution in [0.25, 0.3) is 0 Å². The lowest BCUT2D eigenvalue weighted by atomic mass is 10.1. The maximum Gasteiger partial charge on any atom is 0.194 e. The molecule has 1 aromatic rings. The average molecular weight is 402 g/mol. The molecule has 1 atom stereocenters. The molecule has 0 amide bonds. The van der Waals surface area contributed by atoms with Crippen molar-refractivity contribution in [2.24, 2.45) is 4.99 Å². The first-order valence-corrected chi connectivity index (χ1v) is 11.4. The molecular weight excluding hydrogens is 362 g/mol. The molecule has 162 valence electrons. The molecule has 1 unspecified atom stereocenters. The molecule has 0 radical (unpaired) electrons. The van der Waals surface area contributed by atoms with E-state index in [9.17, 15) is 0 Å². The molecule has 0 saturated carbocycles. The minimum atomic E-state index is 0.625. The van der Waals surface area contributed by atoms with Gasteiger partial charge >= 0.3 is 0 Å². The molecule has 6 heteroatoms. The number of likely N-dealkylation sites (tertiary alicyclic amines) is 1. The van der Waals surface area contributed by atoms with Crippen LogP contribution in [0.3, 0.4) is 0 Å². The second kappa shape index (κ2) is 11.5. The molecule has 2 heterocycles. The molecule has 1 N–H and O–H groups in total. The van der Waals surface area contributed by atoms with Crippen LogP contribution in [0.4, 0.5) is 0 Å². The lowest BCUT2D eigenvalue weighted by Gasteiger charge is -2.32. The van der Waals surface area contributed by atoms with Gasteiger partial charge in [0, 0.05) is 45.3 Å². The van der Waals surface area contributed by atoms with E-state index in [0.717, 1.165) is 78.1 Å². The van der Waals surface area contributed by atoms with Crippen LogP contribution in [-0.4, -0.2) is 85.7 Å². The quantitative estimate of drug-likeness (QED) is 0.535. The van der Waals surface area contributed by atoms with E-state index in [1.165, 1.54) is 17.5 Å². The number of benzene rings is 1. The number of guanidine groups is 1. The average Bonchev–Trinajstić information content (AvgIpc) is 3.26. The number of nitrogens with zero attached hydrogens (tertiary/aromatic N) is 4. The van der Waals surface area contributed by atoms with Crippen molar-refractivity contribution >= 4 is 5.96 Å². The van der Waals surface area contributed by atoms with Gasteiger partial charge in [0.2, 0.25) is 0 Å². The zero-order valence-electron chi connectivity index (χ0n) is 18.6. The molecule has 29 heavy (non-hydrogen) atoms. The molecule has 2 saturated heterocycles. The third-order valence-corrected chi connectivity index (χ3v) is 6.06. The Kier molecular flexibility index (Phi) is 8.77. The van der Waals surface area contributed by atoms with Gasteiger partial charge in [0.15, 0.2) is 5.96 Å². The van der Waals surface area contributed by atoms with E-state index in [1.807, 2.05) is 0 Å². The van der Waals surface area contributed by atoms with Crippen molar-refractivity contribution in [1.82, 2.24) is 20.0 Å². The third kappa shape index (κ3) is 6.43. The summed E-state index contributed by atoms with van der Waals surface area (Å²) in [6, 6.07) is 9.52. The topological polar surface area (TPSA) is 43.3 Å². The van der Waals surface area contributed by atoms with Crippen molar-refractivity contribution in [2.75, 3.05) is 59.0 Å². The summed E-state index contributed by atoms with van der Waals surface area (Å²) in [5, 5.41) is 3.51. The van der Waals surface area contributed by atoms with E-state index in [1.54, 1.807) is 0 Å². The summed E-state index contributed by atoms with van der Waals surface area (Å²) in [6.45, 7) is 17.4. The van der Waals surface area contributed by atoms with Crippen LogP contribution >= 0.6 is 0 Å². The minimum absolute atomic E-state index is 0.625. The van der Waals surface area contributed by atoms with Gasteiger partial charge in [0.05, 0.1) is 19.8 Å².